The van der Waals surface area contributed by atoms with E-state index in [0.29, 0.717) is 5.92 Å². The molecule has 0 amide bonds. The third-order valence-corrected chi connectivity index (χ3v) is 5.80. The van der Waals surface area contributed by atoms with Gasteiger partial charge in [0.1, 0.15) is 4.90 Å². The van der Waals surface area contributed by atoms with Gasteiger partial charge in [-0.2, -0.15) is 4.31 Å². The van der Waals surface area contributed by atoms with Crippen molar-refractivity contribution in [2.24, 2.45) is 11.8 Å². The van der Waals surface area contributed by atoms with Gasteiger partial charge in [0.25, 0.3) is 0 Å². The number of nitrogens with zero attached hydrogens (tertiary/aromatic N) is 3. The Kier molecular flexibility index (Phi) is 4.56. The third-order valence-electron chi connectivity index (χ3n) is 3.97. The maximum Gasteiger partial charge on any atom is 0.246 e. The lowest BCUT2D eigenvalue weighted by Gasteiger charge is -2.35. The first-order valence-corrected chi connectivity index (χ1v) is 8.17. The van der Waals surface area contributed by atoms with Gasteiger partial charge in [-0.15, -0.1) is 0 Å². The molecular formula is C12H21N5O2S. The van der Waals surface area contributed by atoms with Crippen LogP contribution in [0.25, 0.3) is 0 Å². The molecule has 1 saturated carbocycles. The molecule has 112 valence electrons. The Bertz CT molecular complexity index is 545. The highest BCUT2D eigenvalue weighted by Crippen LogP contribution is 2.30. The molecule has 2 unspecified atom stereocenters. The van der Waals surface area contributed by atoms with Crippen LogP contribution in [0.15, 0.2) is 17.3 Å². The van der Waals surface area contributed by atoms with E-state index < -0.39 is 10.0 Å². The van der Waals surface area contributed by atoms with Crippen molar-refractivity contribution in [1.29, 1.82) is 0 Å². The molecule has 1 aromatic heterocycles. The molecule has 0 aromatic carbocycles. The lowest BCUT2D eigenvalue weighted by molar-refractivity contribution is 0.213. The summed E-state index contributed by atoms with van der Waals surface area (Å²) in [6.07, 6.45) is 6.77. The van der Waals surface area contributed by atoms with Gasteiger partial charge in [0.05, 0.1) is 12.4 Å². The summed E-state index contributed by atoms with van der Waals surface area (Å²) in [4.78, 5) is 7.81. The van der Waals surface area contributed by atoms with Gasteiger partial charge in [0.15, 0.2) is 0 Å². The zero-order valence-corrected chi connectivity index (χ0v) is 12.6. The maximum absolute atomic E-state index is 12.6. The molecule has 1 aromatic rings. The summed E-state index contributed by atoms with van der Waals surface area (Å²) >= 11 is 0. The molecule has 0 radical (unpaired) electrons. The molecule has 3 N–H and O–H groups in total. The molecule has 0 spiro atoms. The van der Waals surface area contributed by atoms with Gasteiger partial charge in [-0.25, -0.2) is 24.2 Å². The lowest BCUT2D eigenvalue weighted by Crippen LogP contribution is -2.42. The minimum absolute atomic E-state index is 0.0426. The number of sulfonamides is 1. The molecule has 1 heterocycles. The van der Waals surface area contributed by atoms with Gasteiger partial charge in [0, 0.05) is 13.1 Å². The van der Waals surface area contributed by atoms with Crippen LogP contribution in [-0.2, 0) is 10.0 Å². The van der Waals surface area contributed by atoms with Crippen LogP contribution in [0.3, 0.4) is 0 Å². The van der Waals surface area contributed by atoms with Gasteiger partial charge in [0.2, 0.25) is 16.0 Å². The molecule has 0 bridgehead atoms. The van der Waals surface area contributed by atoms with E-state index >= 15 is 0 Å². The van der Waals surface area contributed by atoms with E-state index in [4.69, 9.17) is 5.84 Å². The fourth-order valence-corrected chi connectivity index (χ4v) is 4.08. The first kappa shape index (κ1) is 15.1. The molecule has 7 nitrogen and oxygen atoms in total. The fourth-order valence-electron chi connectivity index (χ4n) is 2.71. The Hall–Kier alpha value is -1.25. The van der Waals surface area contributed by atoms with Crippen LogP contribution in [0.5, 0.6) is 0 Å². The van der Waals surface area contributed by atoms with Crippen LogP contribution in [0.2, 0.25) is 0 Å². The van der Waals surface area contributed by atoms with Crippen molar-refractivity contribution in [2.75, 3.05) is 12.5 Å². The second-order valence-electron chi connectivity index (χ2n) is 5.24. The summed E-state index contributed by atoms with van der Waals surface area (Å²) < 4.78 is 26.6. The highest BCUT2D eigenvalue weighted by molar-refractivity contribution is 7.89. The highest BCUT2D eigenvalue weighted by Gasteiger charge is 2.33. The highest BCUT2D eigenvalue weighted by atomic mass is 32.2. The maximum atomic E-state index is 12.6. The first-order valence-electron chi connectivity index (χ1n) is 6.73. The number of hydrazine groups is 1. The third kappa shape index (κ3) is 2.92. The molecule has 2 rings (SSSR count). The van der Waals surface area contributed by atoms with E-state index in [9.17, 15) is 8.42 Å². The Morgan fingerprint density at radius 1 is 1.30 bits per heavy atom. The number of hydrogen-bond acceptors (Lipinski definition) is 6. The SMILES string of the molecule is CC1CCCCC1N(C)S(=O)(=O)c1cnc(NN)nc1. The number of hydrogen-bond donors (Lipinski definition) is 2. The van der Waals surface area contributed by atoms with E-state index in [1.807, 2.05) is 0 Å². The Balaban J connectivity index is 2.23. The Morgan fingerprint density at radius 2 is 1.90 bits per heavy atom. The van der Waals surface area contributed by atoms with Crippen LogP contribution in [0.4, 0.5) is 5.95 Å². The standard InChI is InChI=1S/C12H21N5O2S/c1-9-5-3-4-6-11(9)17(2)20(18,19)10-7-14-12(16-13)15-8-10/h7-9,11H,3-6,13H2,1-2H3,(H,14,15,16). The van der Waals surface area contributed by atoms with Crippen LogP contribution < -0.4 is 11.3 Å². The topological polar surface area (TPSA) is 101 Å². The fraction of sp³-hybridized carbons (Fsp3) is 0.667. The monoisotopic (exact) mass is 299 g/mol. The second kappa shape index (κ2) is 6.02. The number of nitrogens with one attached hydrogen (secondary N) is 1. The van der Waals surface area contributed by atoms with E-state index in [1.54, 1.807) is 7.05 Å². The second-order valence-corrected chi connectivity index (χ2v) is 7.23. The van der Waals surface area contributed by atoms with Gasteiger partial charge in [-0.3, -0.25) is 5.43 Å². The molecule has 8 heteroatoms. The summed E-state index contributed by atoms with van der Waals surface area (Å²) in [6.45, 7) is 2.10. The van der Waals surface area contributed by atoms with Crippen molar-refractivity contribution in [3.63, 3.8) is 0 Å². The minimum Gasteiger partial charge on any atom is -0.292 e. The Morgan fingerprint density at radius 3 is 2.45 bits per heavy atom. The number of nitrogens with two attached hydrogens (primary N) is 1. The first-order chi connectivity index (χ1) is 9.46. The normalized spacial score (nSPS) is 23.8. The van der Waals surface area contributed by atoms with Crippen molar-refractivity contribution >= 4 is 16.0 Å². The number of anilines is 1. The van der Waals surface area contributed by atoms with E-state index in [2.05, 4.69) is 22.3 Å². The molecule has 2 atom stereocenters. The van der Waals surface area contributed by atoms with Crippen molar-refractivity contribution in [3.8, 4) is 0 Å². The largest absolute Gasteiger partial charge is 0.292 e. The van der Waals surface area contributed by atoms with Crippen molar-refractivity contribution in [2.45, 2.75) is 43.5 Å². The van der Waals surface area contributed by atoms with Crippen LogP contribution in [0, 0.1) is 5.92 Å². The summed E-state index contributed by atoms with van der Waals surface area (Å²) in [5.41, 5.74) is 2.27. The molecule has 0 aliphatic heterocycles. The zero-order chi connectivity index (χ0) is 14.8. The molecular weight excluding hydrogens is 278 g/mol. The van der Waals surface area contributed by atoms with Crippen LogP contribution in [0.1, 0.15) is 32.6 Å². The summed E-state index contributed by atoms with van der Waals surface area (Å²) in [5.74, 6) is 5.73. The predicted molar refractivity (Wildman–Crippen MR) is 76.2 cm³/mol. The molecule has 20 heavy (non-hydrogen) atoms. The molecule has 1 aliphatic carbocycles. The quantitative estimate of drug-likeness (QED) is 0.634. The summed E-state index contributed by atoms with van der Waals surface area (Å²) in [5, 5.41) is 0. The van der Waals surface area contributed by atoms with Crippen LogP contribution in [-0.4, -0.2) is 35.8 Å². The van der Waals surface area contributed by atoms with E-state index in [-0.39, 0.29) is 16.9 Å². The van der Waals surface area contributed by atoms with Crippen molar-refractivity contribution < 1.29 is 8.42 Å². The van der Waals surface area contributed by atoms with Gasteiger partial charge >= 0.3 is 0 Å². The summed E-state index contributed by atoms with van der Waals surface area (Å²) in [6, 6.07) is 0.0426. The summed E-state index contributed by atoms with van der Waals surface area (Å²) in [7, 11) is -1.92. The van der Waals surface area contributed by atoms with Crippen LogP contribution >= 0.6 is 0 Å². The number of rotatable bonds is 4. The van der Waals surface area contributed by atoms with E-state index in [0.717, 1.165) is 19.3 Å². The molecule has 1 fully saturated rings. The van der Waals surface area contributed by atoms with Gasteiger partial charge in [-0.1, -0.05) is 19.8 Å². The smallest absolute Gasteiger partial charge is 0.246 e. The van der Waals surface area contributed by atoms with Gasteiger partial charge in [-0.05, 0) is 18.8 Å². The number of nitrogen functional groups attached to an aromatic ring is 1. The molecule has 0 saturated heterocycles. The van der Waals surface area contributed by atoms with Crippen molar-refractivity contribution in [1.82, 2.24) is 14.3 Å². The van der Waals surface area contributed by atoms with Crippen molar-refractivity contribution in [3.05, 3.63) is 12.4 Å². The van der Waals surface area contributed by atoms with E-state index in [1.165, 1.54) is 23.1 Å². The Labute approximate surface area is 119 Å². The zero-order valence-electron chi connectivity index (χ0n) is 11.8. The average molecular weight is 299 g/mol. The lowest BCUT2D eigenvalue weighted by atomic mass is 9.86. The minimum atomic E-state index is -3.56. The number of aromatic nitrogens is 2. The predicted octanol–water partition coefficient (Wildman–Crippen LogP) is 0.961. The average Bonchev–Trinajstić information content (AvgIpc) is 2.47. The molecule has 1 aliphatic rings. The van der Waals surface area contributed by atoms with Gasteiger partial charge < -0.3 is 0 Å².